The van der Waals surface area contributed by atoms with Gasteiger partial charge in [0.1, 0.15) is 17.2 Å². The van der Waals surface area contributed by atoms with Crippen molar-refractivity contribution in [1.29, 1.82) is 0 Å². The van der Waals surface area contributed by atoms with Crippen LogP contribution in [0.4, 0.5) is 5.69 Å². The number of imidazole rings is 2. The van der Waals surface area contributed by atoms with Gasteiger partial charge >= 0.3 is 0 Å². The number of anilines is 1. The van der Waals surface area contributed by atoms with Crippen molar-refractivity contribution in [3.05, 3.63) is 59.9 Å². The molecule has 4 aromatic rings. The number of benzene rings is 1. The van der Waals surface area contributed by atoms with Crippen LogP contribution in [0.25, 0.3) is 22.4 Å². The first-order valence-electron chi connectivity index (χ1n) is 12.3. The number of hydrogen-bond donors (Lipinski definition) is 1. The predicted molar refractivity (Wildman–Crippen MR) is 138 cm³/mol. The van der Waals surface area contributed by atoms with Gasteiger partial charge in [-0.1, -0.05) is 45.0 Å². The lowest BCUT2D eigenvalue weighted by Crippen LogP contribution is -2.46. The minimum Gasteiger partial charge on any atom is -0.366 e. The Labute approximate surface area is 201 Å². The first kappa shape index (κ1) is 22.6. The molecule has 0 atom stereocenters. The Balaban J connectivity index is 1.31. The molecular formula is C27H35N7. The van der Waals surface area contributed by atoms with Gasteiger partial charge in [0.15, 0.2) is 0 Å². The van der Waals surface area contributed by atoms with Crippen LogP contribution in [-0.4, -0.2) is 55.6 Å². The highest BCUT2D eigenvalue weighted by Crippen LogP contribution is 2.30. The standard InChI is InChI=1S/C27H35N7/c1-6-33-18-22(29-19(33)2)17-32-11-13-34(14-12-32)24-16-28-15-23-25(24)31-26(30-23)20-7-9-21(10-8-20)27(3,4)5/h7-10,15-16,18H,6,11-14,17H2,1-5H3,(H,30,31). The van der Waals surface area contributed by atoms with Gasteiger partial charge in [-0.05, 0) is 24.8 Å². The van der Waals surface area contributed by atoms with Gasteiger partial charge in [0.25, 0.3) is 0 Å². The summed E-state index contributed by atoms with van der Waals surface area (Å²) in [7, 11) is 0. The van der Waals surface area contributed by atoms with E-state index in [1.165, 1.54) is 5.56 Å². The molecule has 0 aliphatic carbocycles. The second-order valence-electron chi connectivity index (χ2n) is 10.3. The first-order chi connectivity index (χ1) is 16.3. The quantitative estimate of drug-likeness (QED) is 0.468. The monoisotopic (exact) mass is 457 g/mol. The van der Waals surface area contributed by atoms with Crippen LogP contribution >= 0.6 is 0 Å². The number of hydrogen-bond acceptors (Lipinski definition) is 5. The lowest BCUT2D eigenvalue weighted by Gasteiger charge is -2.35. The molecule has 7 nitrogen and oxygen atoms in total. The number of rotatable bonds is 5. The zero-order chi connectivity index (χ0) is 23.9. The Hall–Kier alpha value is -3.19. The highest BCUT2D eigenvalue weighted by atomic mass is 15.3. The summed E-state index contributed by atoms with van der Waals surface area (Å²) in [6.07, 6.45) is 6.02. The summed E-state index contributed by atoms with van der Waals surface area (Å²) in [5.74, 6) is 1.99. The number of fused-ring (bicyclic) bond motifs is 1. The average molecular weight is 458 g/mol. The van der Waals surface area contributed by atoms with Gasteiger partial charge in [0, 0.05) is 51.0 Å². The van der Waals surface area contributed by atoms with E-state index in [4.69, 9.17) is 9.97 Å². The largest absolute Gasteiger partial charge is 0.366 e. The molecule has 0 spiro atoms. The highest BCUT2D eigenvalue weighted by Gasteiger charge is 2.22. The van der Waals surface area contributed by atoms with Crippen molar-refractivity contribution in [2.45, 2.75) is 53.1 Å². The van der Waals surface area contributed by atoms with Crippen molar-refractivity contribution in [1.82, 2.24) is 29.4 Å². The summed E-state index contributed by atoms with van der Waals surface area (Å²) in [5, 5.41) is 0. The van der Waals surface area contributed by atoms with Crippen molar-refractivity contribution < 1.29 is 0 Å². The molecule has 4 heterocycles. The van der Waals surface area contributed by atoms with Crippen LogP contribution in [0.3, 0.4) is 0 Å². The number of aromatic nitrogens is 5. The number of pyridine rings is 1. The summed E-state index contributed by atoms with van der Waals surface area (Å²) in [4.78, 5) is 22.6. The lowest BCUT2D eigenvalue weighted by molar-refractivity contribution is 0.247. The van der Waals surface area contributed by atoms with E-state index < -0.39 is 0 Å². The van der Waals surface area contributed by atoms with Crippen LogP contribution in [0.15, 0.2) is 42.9 Å². The van der Waals surface area contributed by atoms with E-state index in [1.807, 2.05) is 12.4 Å². The molecule has 1 N–H and O–H groups in total. The smallest absolute Gasteiger partial charge is 0.138 e. The van der Waals surface area contributed by atoms with E-state index in [0.717, 1.165) is 78.9 Å². The maximum Gasteiger partial charge on any atom is 0.138 e. The fourth-order valence-corrected chi connectivity index (χ4v) is 4.76. The third-order valence-electron chi connectivity index (χ3n) is 6.86. The fraction of sp³-hybridized carbons (Fsp3) is 0.444. The lowest BCUT2D eigenvalue weighted by atomic mass is 9.87. The molecule has 178 valence electrons. The van der Waals surface area contributed by atoms with Gasteiger partial charge in [0.2, 0.25) is 0 Å². The molecule has 7 heteroatoms. The van der Waals surface area contributed by atoms with E-state index in [9.17, 15) is 0 Å². The van der Waals surface area contributed by atoms with Gasteiger partial charge in [-0.25, -0.2) is 9.97 Å². The third kappa shape index (κ3) is 4.44. The summed E-state index contributed by atoms with van der Waals surface area (Å²) >= 11 is 0. The fourth-order valence-electron chi connectivity index (χ4n) is 4.76. The molecule has 3 aromatic heterocycles. The van der Waals surface area contributed by atoms with Crippen LogP contribution in [0.5, 0.6) is 0 Å². The predicted octanol–water partition coefficient (Wildman–Crippen LogP) is 4.77. The maximum absolute atomic E-state index is 4.99. The van der Waals surface area contributed by atoms with Crippen molar-refractivity contribution in [2.75, 3.05) is 31.1 Å². The Morgan fingerprint density at radius 2 is 1.71 bits per heavy atom. The van der Waals surface area contributed by atoms with E-state index in [0.29, 0.717) is 0 Å². The molecule has 1 saturated heterocycles. The molecule has 0 bridgehead atoms. The number of piperazine rings is 1. The Kier molecular flexibility index (Phi) is 5.90. The van der Waals surface area contributed by atoms with E-state index in [1.54, 1.807) is 0 Å². The first-order valence-corrected chi connectivity index (χ1v) is 12.3. The Bertz CT molecular complexity index is 1270. The van der Waals surface area contributed by atoms with E-state index in [-0.39, 0.29) is 5.41 Å². The topological polar surface area (TPSA) is 65.9 Å². The molecule has 0 unspecified atom stereocenters. The molecule has 5 rings (SSSR count). The third-order valence-corrected chi connectivity index (χ3v) is 6.86. The zero-order valence-electron chi connectivity index (χ0n) is 21.0. The molecule has 1 aromatic carbocycles. The maximum atomic E-state index is 4.99. The number of aryl methyl sites for hydroxylation is 2. The summed E-state index contributed by atoms with van der Waals surface area (Å²) < 4.78 is 2.21. The molecule has 34 heavy (non-hydrogen) atoms. The molecule has 1 aliphatic rings. The van der Waals surface area contributed by atoms with Crippen LogP contribution in [0, 0.1) is 6.92 Å². The zero-order valence-corrected chi connectivity index (χ0v) is 21.0. The average Bonchev–Trinajstić information content (AvgIpc) is 3.42. The van der Waals surface area contributed by atoms with Gasteiger partial charge in [-0.15, -0.1) is 0 Å². The molecule has 1 fully saturated rings. The van der Waals surface area contributed by atoms with Crippen LogP contribution < -0.4 is 4.90 Å². The van der Waals surface area contributed by atoms with Crippen molar-refractivity contribution >= 4 is 16.7 Å². The summed E-state index contributed by atoms with van der Waals surface area (Å²) in [6.45, 7) is 16.7. The van der Waals surface area contributed by atoms with Gasteiger partial charge in [0.05, 0.1) is 29.3 Å². The van der Waals surface area contributed by atoms with Crippen LogP contribution in [-0.2, 0) is 18.5 Å². The minimum absolute atomic E-state index is 0.139. The van der Waals surface area contributed by atoms with Gasteiger partial charge < -0.3 is 14.5 Å². The van der Waals surface area contributed by atoms with Gasteiger partial charge in [-0.3, -0.25) is 9.88 Å². The molecule has 0 radical (unpaired) electrons. The Morgan fingerprint density at radius 3 is 2.35 bits per heavy atom. The number of H-pyrrole nitrogens is 1. The number of nitrogens with one attached hydrogen (secondary N) is 1. The van der Waals surface area contributed by atoms with E-state index >= 15 is 0 Å². The minimum atomic E-state index is 0.139. The molecule has 1 aliphatic heterocycles. The number of nitrogens with zero attached hydrogens (tertiary/aromatic N) is 6. The van der Waals surface area contributed by atoms with Crippen molar-refractivity contribution in [3.63, 3.8) is 0 Å². The normalized spacial score (nSPS) is 15.4. The van der Waals surface area contributed by atoms with Crippen LogP contribution in [0.2, 0.25) is 0 Å². The molecular weight excluding hydrogens is 422 g/mol. The summed E-state index contributed by atoms with van der Waals surface area (Å²) in [6, 6.07) is 8.72. The van der Waals surface area contributed by atoms with E-state index in [2.05, 4.69) is 89.4 Å². The highest BCUT2D eigenvalue weighted by molar-refractivity contribution is 5.90. The second-order valence-corrected chi connectivity index (χ2v) is 10.3. The molecule has 0 amide bonds. The number of aromatic amines is 1. The summed E-state index contributed by atoms with van der Waals surface area (Å²) in [5.41, 5.74) is 6.81. The molecule has 0 saturated carbocycles. The second kappa shape index (κ2) is 8.87. The van der Waals surface area contributed by atoms with Crippen molar-refractivity contribution in [2.24, 2.45) is 0 Å². The van der Waals surface area contributed by atoms with Gasteiger partial charge in [-0.2, -0.15) is 0 Å². The Morgan fingerprint density at radius 1 is 0.971 bits per heavy atom. The van der Waals surface area contributed by atoms with Crippen LogP contribution in [0.1, 0.15) is 44.8 Å². The SMILES string of the molecule is CCn1cc(CN2CCN(c3cncc4[nH]c(-c5ccc(C(C)(C)C)cc5)nc34)CC2)nc1C. The van der Waals surface area contributed by atoms with Crippen molar-refractivity contribution in [3.8, 4) is 11.4 Å².